The molecule has 0 unspecified atom stereocenters. The van der Waals surface area contributed by atoms with Gasteiger partial charge in [-0.1, -0.05) is 17.8 Å². The molecule has 158 valence electrons. The largest absolute Gasteiger partial charge is 0.321 e. The summed E-state index contributed by atoms with van der Waals surface area (Å²) in [5.41, 5.74) is 1.21. The number of nitrogens with zero attached hydrogens (tertiary/aromatic N) is 5. The van der Waals surface area contributed by atoms with Crippen LogP contribution in [0.2, 0.25) is 0 Å². The van der Waals surface area contributed by atoms with Crippen molar-refractivity contribution in [2.45, 2.75) is 10.1 Å². The Labute approximate surface area is 186 Å². The monoisotopic (exact) mass is 482 g/mol. The molecule has 0 spiro atoms. The van der Waals surface area contributed by atoms with E-state index < -0.39 is 15.9 Å². The topological polar surface area (TPSA) is 110 Å². The summed E-state index contributed by atoms with van der Waals surface area (Å²) in [5.74, 6) is 1.05. The Kier molecular flexibility index (Phi) is 6.43. The fraction of sp³-hybridized carbons (Fsp3) is 0.294. The van der Waals surface area contributed by atoms with Crippen molar-refractivity contribution in [2.24, 2.45) is 0 Å². The van der Waals surface area contributed by atoms with Crippen molar-refractivity contribution in [3.8, 4) is 5.69 Å². The lowest BCUT2D eigenvalue weighted by atomic mass is 10.2. The summed E-state index contributed by atoms with van der Waals surface area (Å²) in [6.45, 7) is 0.908. The first kappa shape index (κ1) is 21.3. The third-order valence-corrected chi connectivity index (χ3v) is 8.94. The molecule has 0 atom stereocenters. The maximum absolute atomic E-state index is 13.0. The summed E-state index contributed by atoms with van der Waals surface area (Å²) in [5, 5.41) is 16.6. The first-order valence-corrected chi connectivity index (χ1v) is 13.6. The number of carbonyl (C=O) groups is 1. The number of aromatic nitrogens is 4. The quantitative estimate of drug-likeness (QED) is 0.534. The summed E-state index contributed by atoms with van der Waals surface area (Å²) in [6, 6.07) is 8.56. The minimum atomic E-state index is -3.70. The van der Waals surface area contributed by atoms with E-state index in [-0.39, 0.29) is 9.77 Å². The number of carbonyl (C=O) groups excluding carboxylic acids is 1. The molecule has 4 rings (SSSR count). The molecule has 2 aromatic heterocycles. The zero-order valence-corrected chi connectivity index (χ0v) is 19.2. The Balaban J connectivity index is 1.57. The zero-order valence-electron chi connectivity index (χ0n) is 15.9. The van der Waals surface area contributed by atoms with Gasteiger partial charge < -0.3 is 5.32 Å². The van der Waals surface area contributed by atoms with Crippen molar-refractivity contribution < 1.29 is 13.2 Å². The maximum Gasteiger partial charge on any atom is 0.267 e. The number of anilines is 1. The first-order chi connectivity index (χ1) is 14.5. The third kappa shape index (κ3) is 4.25. The summed E-state index contributed by atoms with van der Waals surface area (Å²) < 4.78 is 29.1. The molecule has 1 fully saturated rings. The van der Waals surface area contributed by atoms with Crippen LogP contribution in [0.25, 0.3) is 5.69 Å². The van der Waals surface area contributed by atoms with E-state index in [1.807, 2.05) is 12.3 Å². The van der Waals surface area contributed by atoms with Crippen LogP contribution in [0.4, 0.5) is 5.69 Å². The van der Waals surface area contributed by atoms with Gasteiger partial charge in [0, 0.05) is 30.3 Å². The molecule has 0 radical (unpaired) electrons. The van der Waals surface area contributed by atoms with Crippen LogP contribution in [0.1, 0.15) is 9.67 Å². The summed E-state index contributed by atoms with van der Waals surface area (Å²) in [7, 11) is -3.70. The van der Waals surface area contributed by atoms with Gasteiger partial charge in [-0.15, -0.1) is 16.4 Å². The standard InChI is InChI=1S/C17H18N6O3S4/c1-27-17-19-20-21-23(17)13-4-2-3-12(11-13)18-16(24)15-14(5-8-29-15)30(25,26)22-6-9-28-10-7-22/h2-5,8,11H,6-7,9-10H2,1H3,(H,18,24). The van der Waals surface area contributed by atoms with E-state index in [2.05, 4.69) is 20.8 Å². The highest BCUT2D eigenvalue weighted by Crippen LogP contribution is 2.28. The molecule has 1 amide bonds. The van der Waals surface area contributed by atoms with Gasteiger partial charge in [-0.05, 0) is 46.3 Å². The highest BCUT2D eigenvalue weighted by molar-refractivity contribution is 7.99. The van der Waals surface area contributed by atoms with Crippen molar-refractivity contribution >= 4 is 56.5 Å². The van der Waals surface area contributed by atoms with Crippen LogP contribution >= 0.6 is 34.9 Å². The van der Waals surface area contributed by atoms with Crippen LogP contribution in [-0.2, 0) is 10.0 Å². The summed E-state index contributed by atoms with van der Waals surface area (Å²) in [6.07, 6.45) is 1.87. The fourth-order valence-electron chi connectivity index (χ4n) is 2.96. The van der Waals surface area contributed by atoms with E-state index in [0.717, 1.165) is 22.8 Å². The van der Waals surface area contributed by atoms with Crippen LogP contribution in [0.5, 0.6) is 0 Å². The highest BCUT2D eigenvalue weighted by atomic mass is 32.2. The van der Waals surface area contributed by atoms with Crippen LogP contribution < -0.4 is 5.32 Å². The van der Waals surface area contributed by atoms with Crippen LogP contribution in [0, 0.1) is 0 Å². The third-order valence-electron chi connectivity index (χ3n) is 4.40. The van der Waals surface area contributed by atoms with Gasteiger partial charge in [0.15, 0.2) is 0 Å². The van der Waals surface area contributed by atoms with Gasteiger partial charge in [-0.25, -0.2) is 8.42 Å². The molecule has 0 saturated carbocycles. The summed E-state index contributed by atoms with van der Waals surface area (Å²) >= 11 is 4.24. The molecule has 1 saturated heterocycles. The fourth-order valence-corrected chi connectivity index (χ4v) is 7.27. The second-order valence-electron chi connectivity index (χ2n) is 6.21. The normalized spacial score (nSPS) is 15.2. The zero-order chi connectivity index (χ0) is 21.1. The first-order valence-electron chi connectivity index (χ1n) is 8.90. The van der Waals surface area contributed by atoms with Gasteiger partial charge >= 0.3 is 0 Å². The number of amides is 1. The molecule has 9 nitrogen and oxygen atoms in total. The van der Waals surface area contributed by atoms with Crippen molar-refractivity contribution in [2.75, 3.05) is 36.2 Å². The summed E-state index contributed by atoms with van der Waals surface area (Å²) in [4.78, 5) is 13.1. The average molecular weight is 483 g/mol. The highest BCUT2D eigenvalue weighted by Gasteiger charge is 2.31. The van der Waals surface area contributed by atoms with E-state index in [4.69, 9.17) is 0 Å². The average Bonchev–Trinajstić information content (AvgIpc) is 3.44. The van der Waals surface area contributed by atoms with E-state index in [1.165, 1.54) is 22.1 Å². The molecule has 1 aliphatic heterocycles. The Morgan fingerprint density at radius 3 is 2.80 bits per heavy atom. The Hall–Kier alpha value is -1.93. The second-order valence-corrected chi connectivity index (χ2v) is 11.0. The van der Waals surface area contributed by atoms with E-state index >= 15 is 0 Å². The van der Waals surface area contributed by atoms with E-state index in [0.29, 0.717) is 29.6 Å². The number of hydrogen-bond acceptors (Lipinski definition) is 9. The van der Waals surface area contributed by atoms with Crippen LogP contribution in [0.3, 0.4) is 0 Å². The van der Waals surface area contributed by atoms with E-state index in [9.17, 15) is 13.2 Å². The van der Waals surface area contributed by atoms with Crippen molar-refractivity contribution in [3.63, 3.8) is 0 Å². The van der Waals surface area contributed by atoms with E-state index in [1.54, 1.807) is 40.0 Å². The molecule has 3 aromatic rings. The molecule has 30 heavy (non-hydrogen) atoms. The maximum atomic E-state index is 13.0. The number of benzene rings is 1. The molecule has 1 N–H and O–H groups in total. The molecule has 1 aliphatic rings. The number of rotatable bonds is 6. The second kappa shape index (κ2) is 9.06. The molecule has 0 aliphatic carbocycles. The minimum Gasteiger partial charge on any atom is -0.321 e. The lowest BCUT2D eigenvalue weighted by Gasteiger charge is -2.25. The minimum absolute atomic E-state index is 0.0539. The Morgan fingerprint density at radius 2 is 2.03 bits per heavy atom. The Morgan fingerprint density at radius 1 is 1.23 bits per heavy atom. The molecule has 0 bridgehead atoms. The SMILES string of the molecule is CSc1nnnn1-c1cccc(NC(=O)c2sccc2S(=O)(=O)N2CCSCC2)c1. The number of thioether (sulfide) groups is 2. The number of hydrogen-bond donors (Lipinski definition) is 1. The predicted molar refractivity (Wildman–Crippen MR) is 119 cm³/mol. The molecule has 3 heterocycles. The smallest absolute Gasteiger partial charge is 0.267 e. The van der Waals surface area contributed by atoms with Gasteiger partial charge in [-0.3, -0.25) is 4.79 Å². The molecule has 13 heteroatoms. The molecule has 1 aromatic carbocycles. The number of tetrazole rings is 1. The number of thiophene rings is 1. The Bertz CT molecular complexity index is 1150. The lowest BCUT2D eigenvalue weighted by molar-refractivity contribution is 0.102. The van der Waals surface area contributed by atoms with Crippen molar-refractivity contribution in [1.29, 1.82) is 0 Å². The van der Waals surface area contributed by atoms with Crippen molar-refractivity contribution in [1.82, 2.24) is 24.5 Å². The predicted octanol–water partition coefficient (Wildman–Crippen LogP) is 2.44. The molecular formula is C17H18N6O3S4. The lowest BCUT2D eigenvalue weighted by Crippen LogP contribution is -2.38. The molecular weight excluding hydrogens is 464 g/mol. The van der Waals surface area contributed by atoms with Crippen LogP contribution in [0.15, 0.2) is 45.8 Å². The number of nitrogens with one attached hydrogen (secondary N) is 1. The van der Waals surface area contributed by atoms with Gasteiger partial charge in [0.1, 0.15) is 9.77 Å². The van der Waals surface area contributed by atoms with Gasteiger partial charge in [0.05, 0.1) is 5.69 Å². The van der Waals surface area contributed by atoms with Crippen molar-refractivity contribution in [3.05, 3.63) is 40.6 Å². The van der Waals surface area contributed by atoms with Gasteiger partial charge in [-0.2, -0.15) is 20.7 Å². The van der Waals surface area contributed by atoms with Gasteiger partial charge in [0.2, 0.25) is 15.2 Å². The van der Waals surface area contributed by atoms with Crippen LogP contribution in [-0.4, -0.2) is 69.7 Å². The van der Waals surface area contributed by atoms with Gasteiger partial charge in [0.25, 0.3) is 5.91 Å². The number of sulfonamides is 1.